The maximum atomic E-state index is 12.3. The summed E-state index contributed by atoms with van der Waals surface area (Å²) in [4.78, 5) is 24.3. The van der Waals surface area contributed by atoms with E-state index < -0.39 is 0 Å². The van der Waals surface area contributed by atoms with Gasteiger partial charge >= 0.3 is 0 Å². The van der Waals surface area contributed by atoms with Gasteiger partial charge in [-0.05, 0) is 48.0 Å². The first-order valence-corrected chi connectivity index (χ1v) is 8.62. The van der Waals surface area contributed by atoms with Crippen LogP contribution < -0.4 is 22.1 Å². The Morgan fingerprint density at radius 3 is 1.82 bits per heavy atom. The zero-order valence-electron chi connectivity index (χ0n) is 15.1. The Kier molecular flexibility index (Phi) is 5.72. The van der Waals surface area contributed by atoms with Crippen LogP contribution in [0.1, 0.15) is 15.9 Å². The van der Waals surface area contributed by atoms with Crippen LogP contribution in [0.5, 0.6) is 0 Å². The molecular formula is C22H20N4O2. The summed E-state index contributed by atoms with van der Waals surface area (Å²) in [5.74, 6) is -0.551. The van der Waals surface area contributed by atoms with E-state index in [1.54, 1.807) is 78.9 Å². The topological polar surface area (TPSA) is 110 Å². The molecule has 0 heterocycles. The molecule has 0 aliphatic carbocycles. The van der Waals surface area contributed by atoms with Gasteiger partial charge in [0, 0.05) is 11.6 Å². The van der Waals surface area contributed by atoms with Crippen LogP contribution in [0.15, 0.2) is 78.9 Å². The molecule has 0 bridgehead atoms. The molecule has 0 atom stereocenters. The number of amides is 2. The van der Waals surface area contributed by atoms with Crippen molar-refractivity contribution in [3.8, 4) is 0 Å². The number of hydrogen-bond donors (Lipinski definition) is 4. The number of para-hydroxylation sites is 4. The first kappa shape index (κ1) is 18.7. The summed E-state index contributed by atoms with van der Waals surface area (Å²) in [6, 6.07) is 21.0. The van der Waals surface area contributed by atoms with Gasteiger partial charge in [0.05, 0.1) is 22.7 Å². The van der Waals surface area contributed by atoms with Crippen molar-refractivity contribution in [1.29, 1.82) is 0 Å². The highest BCUT2D eigenvalue weighted by atomic mass is 16.2. The number of benzene rings is 3. The van der Waals surface area contributed by atoms with E-state index in [4.69, 9.17) is 11.5 Å². The van der Waals surface area contributed by atoms with Crippen LogP contribution in [0.3, 0.4) is 0 Å². The lowest BCUT2D eigenvalue weighted by molar-refractivity contribution is -0.111. The molecule has 3 rings (SSSR count). The fourth-order valence-corrected chi connectivity index (χ4v) is 2.51. The van der Waals surface area contributed by atoms with Gasteiger partial charge in [-0.1, -0.05) is 36.4 Å². The molecule has 0 saturated carbocycles. The minimum absolute atomic E-state index is 0.259. The first-order chi connectivity index (χ1) is 13.5. The van der Waals surface area contributed by atoms with E-state index in [1.807, 2.05) is 0 Å². The number of nitrogens with one attached hydrogen (secondary N) is 2. The third-order valence-corrected chi connectivity index (χ3v) is 4.03. The number of anilines is 4. The molecule has 0 aliphatic heterocycles. The molecular weight excluding hydrogens is 352 g/mol. The van der Waals surface area contributed by atoms with Crippen LogP contribution in [-0.2, 0) is 4.79 Å². The van der Waals surface area contributed by atoms with E-state index in [0.29, 0.717) is 28.3 Å². The minimum Gasteiger partial charge on any atom is -0.397 e. The smallest absolute Gasteiger partial charge is 0.255 e. The van der Waals surface area contributed by atoms with E-state index in [9.17, 15) is 9.59 Å². The molecule has 3 aromatic carbocycles. The van der Waals surface area contributed by atoms with Gasteiger partial charge in [0.25, 0.3) is 5.91 Å². The molecule has 140 valence electrons. The number of carbonyl (C=O) groups is 2. The summed E-state index contributed by atoms with van der Waals surface area (Å²) in [5, 5.41) is 5.49. The van der Waals surface area contributed by atoms with Crippen molar-refractivity contribution in [2.75, 3.05) is 22.1 Å². The summed E-state index contributed by atoms with van der Waals surface area (Å²) in [7, 11) is 0. The second-order valence-corrected chi connectivity index (χ2v) is 6.07. The molecule has 2 amide bonds. The van der Waals surface area contributed by atoms with Crippen LogP contribution >= 0.6 is 0 Å². The van der Waals surface area contributed by atoms with Crippen molar-refractivity contribution in [2.24, 2.45) is 0 Å². The number of nitrogen functional groups attached to an aromatic ring is 2. The van der Waals surface area contributed by atoms with Crippen LogP contribution in [0.2, 0.25) is 0 Å². The van der Waals surface area contributed by atoms with Crippen molar-refractivity contribution < 1.29 is 9.59 Å². The standard InChI is InChI=1S/C22H20N4O2/c23-17-5-1-3-7-19(17)25-21(27)14-11-15-9-12-16(13-10-15)22(28)26-20-8-4-2-6-18(20)24/h1-14H,23-24H2,(H,25,27)(H,26,28)/b14-11+. The molecule has 0 fully saturated rings. The van der Waals surface area contributed by atoms with Gasteiger partial charge in [-0.15, -0.1) is 0 Å². The Hall–Kier alpha value is -4.06. The average molecular weight is 372 g/mol. The summed E-state index contributed by atoms with van der Waals surface area (Å²) in [6.07, 6.45) is 3.07. The van der Waals surface area contributed by atoms with Gasteiger partial charge < -0.3 is 22.1 Å². The maximum absolute atomic E-state index is 12.3. The number of rotatable bonds is 5. The number of nitrogens with two attached hydrogens (primary N) is 2. The van der Waals surface area contributed by atoms with E-state index in [1.165, 1.54) is 6.08 Å². The SMILES string of the molecule is Nc1ccccc1NC(=O)/C=C/c1ccc(C(=O)Nc2ccccc2N)cc1. The van der Waals surface area contributed by atoms with E-state index >= 15 is 0 Å². The molecule has 0 aliphatic rings. The maximum Gasteiger partial charge on any atom is 0.255 e. The van der Waals surface area contributed by atoms with Crippen molar-refractivity contribution >= 4 is 40.6 Å². The third-order valence-electron chi connectivity index (χ3n) is 4.03. The summed E-state index contributed by atoms with van der Waals surface area (Å²) in [5.41, 5.74) is 15.0. The van der Waals surface area contributed by atoms with Gasteiger partial charge in [0.15, 0.2) is 0 Å². The Bertz CT molecular complexity index is 1030. The van der Waals surface area contributed by atoms with Gasteiger partial charge in [0.1, 0.15) is 0 Å². The predicted molar refractivity (Wildman–Crippen MR) is 114 cm³/mol. The number of carbonyl (C=O) groups excluding carboxylic acids is 2. The molecule has 0 unspecified atom stereocenters. The average Bonchev–Trinajstić information content (AvgIpc) is 2.70. The highest BCUT2D eigenvalue weighted by Gasteiger charge is 2.07. The van der Waals surface area contributed by atoms with Gasteiger partial charge in [-0.25, -0.2) is 0 Å². The Labute approximate surface area is 162 Å². The summed E-state index contributed by atoms with van der Waals surface area (Å²) in [6.45, 7) is 0. The van der Waals surface area contributed by atoms with E-state index in [0.717, 1.165) is 5.56 Å². The van der Waals surface area contributed by atoms with Crippen LogP contribution in [0.25, 0.3) is 6.08 Å². The lowest BCUT2D eigenvalue weighted by Crippen LogP contribution is -2.13. The zero-order valence-corrected chi connectivity index (χ0v) is 15.1. The minimum atomic E-state index is -0.292. The van der Waals surface area contributed by atoms with Crippen LogP contribution in [-0.4, -0.2) is 11.8 Å². The second-order valence-electron chi connectivity index (χ2n) is 6.07. The Morgan fingerprint density at radius 2 is 1.25 bits per heavy atom. The predicted octanol–water partition coefficient (Wildman–Crippen LogP) is 3.76. The second kappa shape index (κ2) is 8.55. The van der Waals surface area contributed by atoms with Crippen LogP contribution in [0, 0.1) is 0 Å². The molecule has 6 heteroatoms. The molecule has 6 nitrogen and oxygen atoms in total. The highest BCUT2D eigenvalue weighted by Crippen LogP contribution is 2.18. The molecule has 0 aromatic heterocycles. The van der Waals surface area contributed by atoms with Crippen molar-refractivity contribution in [3.05, 3.63) is 90.0 Å². The van der Waals surface area contributed by atoms with E-state index in [2.05, 4.69) is 10.6 Å². The van der Waals surface area contributed by atoms with Gasteiger partial charge in [-0.2, -0.15) is 0 Å². The quantitative estimate of drug-likeness (QED) is 0.404. The Morgan fingerprint density at radius 1 is 0.714 bits per heavy atom. The van der Waals surface area contributed by atoms with Crippen molar-refractivity contribution in [3.63, 3.8) is 0 Å². The fourth-order valence-electron chi connectivity index (χ4n) is 2.51. The van der Waals surface area contributed by atoms with Crippen LogP contribution in [0.4, 0.5) is 22.7 Å². The normalized spacial score (nSPS) is 10.6. The largest absolute Gasteiger partial charge is 0.397 e. The fraction of sp³-hybridized carbons (Fsp3) is 0. The van der Waals surface area contributed by atoms with Gasteiger partial charge in [-0.3, -0.25) is 9.59 Å². The van der Waals surface area contributed by atoms with E-state index in [-0.39, 0.29) is 11.8 Å². The first-order valence-electron chi connectivity index (χ1n) is 8.62. The summed E-state index contributed by atoms with van der Waals surface area (Å²) >= 11 is 0. The molecule has 0 saturated heterocycles. The molecule has 0 radical (unpaired) electrons. The monoisotopic (exact) mass is 372 g/mol. The molecule has 28 heavy (non-hydrogen) atoms. The molecule has 3 aromatic rings. The lowest BCUT2D eigenvalue weighted by Gasteiger charge is -2.08. The zero-order chi connectivity index (χ0) is 19.9. The van der Waals surface area contributed by atoms with Crippen molar-refractivity contribution in [2.45, 2.75) is 0 Å². The summed E-state index contributed by atoms with van der Waals surface area (Å²) < 4.78 is 0. The Balaban J connectivity index is 1.61. The van der Waals surface area contributed by atoms with Gasteiger partial charge in [0.2, 0.25) is 5.91 Å². The number of hydrogen-bond acceptors (Lipinski definition) is 4. The highest BCUT2D eigenvalue weighted by molar-refractivity contribution is 6.06. The molecule has 0 spiro atoms. The lowest BCUT2D eigenvalue weighted by atomic mass is 10.1. The third kappa shape index (κ3) is 4.76. The molecule has 6 N–H and O–H groups in total. The van der Waals surface area contributed by atoms with Crippen molar-refractivity contribution in [1.82, 2.24) is 0 Å².